The van der Waals surface area contributed by atoms with E-state index in [1.165, 1.54) is 0 Å². The summed E-state index contributed by atoms with van der Waals surface area (Å²) in [5.74, 6) is 2.87. The molecule has 54 valence electrons. The summed E-state index contributed by atoms with van der Waals surface area (Å²) < 4.78 is 5.06. The highest BCUT2D eigenvalue weighted by Crippen LogP contribution is 2.02. The standard InChI is InChI=1S/C7H7BN2O/c1-2-6-3-4-7(10-9-6)11-5-8/h1,3-4H,5,8H2. The topological polar surface area (TPSA) is 35.0 Å². The molecule has 0 aliphatic heterocycles. The van der Waals surface area contributed by atoms with E-state index < -0.39 is 0 Å². The molecule has 0 unspecified atom stereocenters. The van der Waals surface area contributed by atoms with Crippen LogP contribution in [0.4, 0.5) is 0 Å². The Morgan fingerprint density at radius 3 is 2.82 bits per heavy atom. The first-order valence-electron chi connectivity index (χ1n) is 3.30. The average molecular weight is 146 g/mol. The van der Waals surface area contributed by atoms with Gasteiger partial charge in [-0.2, -0.15) is 0 Å². The van der Waals surface area contributed by atoms with Crippen molar-refractivity contribution in [2.45, 2.75) is 0 Å². The summed E-state index contributed by atoms with van der Waals surface area (Å²) in [5, 5.41) is 7.43. The third-order valence-corrected chi connectivity index (χ3v) is 1.08. The molecular formula is C7H7BN2O. The van der Waals surface area contributed by atoms with E-state index in [2.05, 4.69) is 16.1 Å². The minimum Gasteiger partial charge on any atom is -0.486 e. The summed E-state index contributed by atoms with van der Waals surface area (Å²) in [7, 11) is 1.89. The van der Waals surface area contributed by atoms with Crippen molar-refractivity contribution in [1.82, 2.24) is 10.2 Å². The monoisotopic (exact) mass is 146 g/mol. The zero-order valence-corrected chi connectivity index (χ0v) is 6.24. The number of hydrogen-bond acceptors (Lipinski definition) is 3. The van der Waals surface area contributed by atoms with Gasteiger partial charge in [-0.3, -0.25) is 0 Å². The first-order chi connectivity index (χ1) is 5.36. The highest BCUT2D eigenvalue weighted by atomic mass is 16.5. The van der Waals surface area contributed by atoms with Crippen molar-refractivity contribution in [3.63, 3.8) is 0 Å². The molecule has 1 aromatic rings. The number of hydrogen-bond donors (Lipinski definition) is 0. The Hall–Kier alpha value is -1.50. The Balaban J connectivity index is 2.76. The summed E-state index contributed by atoms with van der Waals surface area (Å²) in [6.45, 7) is 0.587. The summed E-state index contributed by atoms with van der Waals surface area (Å²) in [4.78, 5) is 0. The van der Waals surface area contributed by atoms with Crippen molar-refractivity contribution in [2.24, 2.45) is 0 Å². The lowest BCUT2D eigenvalue weighted by Crippen LogP contribution is -1.99. The molecule has 1 heterocycles. The summed E-state index contributed by atoms with van der Waals surface area (Å²) in [5.41, 5.74) is 0.522. The molecule has 0 aliphatic rings. The van der Waals surface area contributed by atoms with E-state index in [-0.39, 0.29) is 0 Å². The molecule has 0 bridgehead atoms. The van der Waals surface area contributed by atoms with Crippen molar-refractivity contribution in [3.8, 4) is 18.2 Å². The van der Waals surface area contributed by atoms with Gasteiger partial charge in [0.15, 0.2) is 7.85 Å². The fourth-order valence-corrected chi connectivity index (χ4v) is 0.622. The van der Waals surface area contributed by atoms with Crippen LogP contribution in [0.2, 0.25) is 0 Å². The Morgan fingerprint density at radius 1 is 1.55 bits per heavy atom. The van der Waals surface area contributed by atoms with Crippen molar-refractivity contribution < 1.29 is 4.74 Å². The minimum atomic E-state index is 0.506. The molecule has 0 saturated heterocycles. The first-order valence-corrected chi connectivity index (χ1v) is 3.30. The predicted molar refractivity (Wildman–Crippen MR) is 44.0 cm³/mol. The highest BCUT2D eigenvalue weighted by molar-refractivity contribution is 6.08. The Labute approximate surface area is 66.2 Å². The van der Waals surface area contributed by atoms with Gasteiger partial charge in [0.2, 0.25) is 5.88 Å². The van der Waals surface area contributed by atoms with Gasteiger partial charge < -0.3 is 4.74 Å². The molecule has 0 amide bonds. The van der Waals surface area contributed by atoms with Gasteiger partial charge in [0, 0.05) is 6.07 Å². The molecular weight excluding hydrogens is 139 g/mol. The highest BCUT2D eigenvalue weighted by Gasteiger charge is 1.93. The van der Waals surface area contributed by atoms with Crippen LogP contribution in [-0.2, 0) is 0 Å². The van der Waals surface area contributed by atoms with E-state index in [0.717, 1.165) is 0 Å². The third kappa shape index (κ3) is 1.97. The maximum atomic E-state index is 5.08. The number of aromatic nitrogens is 2. The largest absolute Gasteiger partial charge is 0.486 e. The second kappa shape index (κ2) is 3.62. The Morgan fingerprint density at radius 2 is 2.36 bits per heavy atom. The molecule has 4 heteroatoms. The maximum absolute atomic E-state index is 5.08. The molecule has 0 aromatic carbocycles. The van der Waals surface area contributed by atoms with Crippen LogP contribution in [0.3, 0.4) is 0 Å². The van der Waals surface area contributed by atoms with Crippen LogP contribution >= 0.6 is 0 Å². The van der Waals surface area contributed by atoms with Gasteiger partial charge in [-0.1, -0.05) is 0 Å². The van der Waals surface area contributed by atoms with Gasteiger partial charge in [0.1, 0.15) is 5.69 Å². The lowest BCUT2D eigenvalue weighted by atomic mass is 10.2. The van der Waals surface area contributed by atoms with E-state index in [1.54, 1.807) is 12.1 Å². The van der Waals surface area contributed by atoms with Crippen LogP contribution in [0, 0.1) is 12.3 Å². The lowest BCUT2D eigenvalue weighted by molar-refractivity contribution is 0.366. The van der Waals surface area contributed by atoms with Gasteiger partial charge in [-0.15, -0.1) is 16.6 Å². The summed E-state index contributed by atoms with van der Waals surface area (Å²) in [6, 6.07) is 3.39. The van der Waals surface area contributed by atoms with Crippen LogP contribution in [0.15, 0.2) is 12.1 Å². The van der Waals surface area contributed by atoms with Crippen LogP contribution in [-0.4, -0.2) is 24.5 Å². The van der Waals surface area contributed by atoms with Crippen LogP contribution in [0.25, 0.3) is 0 Å². The second-order valence-corrected chi connectivity index (χ2v) is 1.83. The molecule has 1 rings (SSSR count). The van der Waals surface area contributed by atoms with Gasteiger partial charge in [0.25, 0.3) is 0 Å². The van der Waals surface area contributed by atoms with Crippen molar-refractivity contribution >= 4 is 7.85 Å². The normalized spacial score (nSPS) is 8.64. The molecule has 0 N–H and O–H groups in total. The lowest BCUT2D eigenvalue weighted by Gasteiger charge is -1.98. The quantitative estimate of drug-likeness (QED) is 0.413. The molecule has 0 atom stereocenters. The van der Waals surface area contributed by atoms with Gasteiger partial charge in [-0.25, -0.2) is 0 Å². The number of nitrogens with zero attached hydrogens (tertiary/aromatic N) is 2. The molecule has 0 saturated carbocycles. The van der Waals surface area contributed by atoms with Crippen LogP contribution in [0.5, 0.6) is 5.88 Å². The zero-order valence-electron chi connectivity index (χ0n) is 6.24. The molecule has 0 spiro atoms. The van der Waals surface area contributed by atoms with Gasteiger partial charge in [0.05, 0.1) is 6.51 Å². The maximum Gasteiger partial charge on any atom is 0.232 e. The fraction of sp³-hybridized carbons (Fsp3) is 0.143. The average Bonchev–Trinajstić information content (AvgIpc) is 2.07. The number of terminal acetylenes is 1. The Bertz CT molecular complexity index is 265. The molecule has 0 radical (unpaired) electrons. The van der Waals surface area contributed by atoms with E-state index in [4.69, 9.17) is 11.2 Å². The SMILES string of the molecule is BCOc1ccc(C#C)nn1. The van der Waals surface area contributed by atoms with Crippen LogP contribution < -0.4 is 4.74 Å². The summed E-state index contributed by atoms with van der Waals surface area (Å²) >= 11 is 0. The molecule has 0 fully saturated rings. The van der Waals surface area contributed by atoms with Crippen molar-refractivity contribution in [1.29, 1.82) is 0 Å². The predicted octanol–water partition coefficient (Wildman–Crippen LogP) is -0.573. The van der Waals surface area contributed by atoms with E-state index in [9.17, 15) is 0 Å². The second-order valence-electron chi connectivity index (χ2n) is 1.83. The molecule has 3 nitrogen and oxygen atoms in total. The van der Waals surface area contributed by atoms with Gasteiger partial charge in [-0.05, 0) is 12.0 Å². The fourth-order valence-electron chi connectivity index (χ4n) is 0.622. The molecule has 1 aromatic heterocycles. The smallest absolute Gasteiger partial charge is 0.232 e. The molecule has 0 aliphatic carbocycles. The van der Waals surface area contributed by atoms with E-state index in [1.807, 2.05) is 7.85 Å². The zero-order chi connectivity index (χ0) is 8.10. The van der Waals surface area contributed by atoms with Gasteiger partial charge >= 0.3 is 0 Å². The minimum absolute atomic E-state index is 0.506. The Kier molecular flexibility index (Phi) is 2.50. The van der Waals surface area contributed by atoms with E-state index in [0.29, 0.717) is 18.1 Å². The van der Waals surface area contributed by atoms with Crippen LogP contribution in [0.1, 0.15) is 5.69 Å². The van der Waals surface area contributed by atoms with Crippen molar-refractivity contribution in [3.05, 3.63) is 17.8 Å². The van der Waals surface area contributed by atoms with Crippen molar-refractivity contribution in [2.75, 3.05) is 6.51 Å². The number of ether oxygens (including phenoxy) is 1. The third-order valence-electron chi connectivity index (χ3n) is 1.08. The van der Waals surface area contributed by atoms with E-state index >= 15 is 0 Å². The summed E-state index contributed by atoms with van der Waals surface area (Å²) in [6.07, 6.45) is 5.08. The number of rotatable bonds is 2. The first kappa shape index (κ1) is 7.61. The molecule has 11 heavy (non-hydrogen) atoms.